The number of hydrogen-bond acceptors (Lipinski definition) is 5. The van der Waals surface area contributed by atoms with Gasteiger partial charge >= 0.3 is 0 Å². The molecule has 2 atom stereocenters. The van der Waals surface area contributed by atoms with E-state index >= 15 is 0 Å². The summed E-state index contributed by atoms with van der Waals surface area (Å²) in [4.78, 5) is 46.9. The summed E-state index contributed by atoms with van der Waals surface area (Å²) in [6, 6.07) is 23.1. The Balaban J connectivity index is 1.41. The molecule has 7 nitrogen and oxygen atoms in total. The number of piperazine rings is 1. The van der Waals surface area contributed by atoms with Crippen LogP contribution in [0, 0.1) is 12.7 Å². The molecule has 1 fully saturated rings. The van der Waals surface area contributed by atoms with Gasteiger partial charge in [0.15, 0.2) is 0 Å². The summed E-state index contributed by atoms with van der Waals surface area (Å²) in [5.74, 6) is 0.351. The van der Waals surface area contributed by atoms with E-state index in [1.807, 2.05) is 79.9 Å². The number of carbonyl (C=O) groups is 3. The fourth-order valence-electron chi connectivity index (χ4n) is 5.37. The maximum absolute atomic E-state index is 14.3. The summed E-state index contributed by atoms with van der Waals surface area (Å²) in [6.07, 6.45) is 0.215. The summed E-state index contributed by atoms with van der Waals surface area (Å²) in [7, 11) is 0. The topological polar surface area (TPSA) is 70.2 Å². The first kappa shape index (κ1) is 30.0. The molecule has 5 rings (SSSR count). The Labute approximate surface area is 255 Å². The molecule has 4 aromatic rings. The summed E-state index contributed by atoms with van der Waals surface area (Å²) in [5.41, 5.74) is 1.84. The molecule has 0 bridgehead atoms. The maximum Gasteiger partial charge on any atom is 0.254 e. The molecule has 1 saturated heterocycles. The molecule has 2 unspecified atom stereocenters. The highest BCUT2D eigenvalue weighted by molar-refractivity contribution is 7.10. The quantitative estimate of drug-likeness (QED) is 0.222. The number of hydrogen-bond donors (Lipinski definition) is 0. The van der Waals surface area contributed by atoms with Crippen molar-refractivity contribution in [2.45, 2.75) is 39.3 Å². The molecule has 3 amide bonds. The highest BCUT2D eigenvalue weighted by Crippen LogP contribution is 2.37. The summed E-state index contributed by atoms with van der Waals surface area (Å²) >= 11 is 1.43. The SMILES string of the molecule is CCC(=O)N(c1ccc(Oc2ccccc2)cc1C)C(C(=O)N1CCN(C(=O)c2ccc(F)cc2)C(C)C1)c1cccs1. The van der Waals surface area contributed by atoms with Crippen LogP contribution < -0.4 is 9.64 Å². The van der Waals surface area contributed by atoms with Gasteiger partial charge in [-0.15, -0.1) is 11.3 Å². The number of aryl methyl sites for hydroxylation is 1. The van der Waals surface area contributed by atoms with E-state index in [1.54, 1.807) is 21.6 Å². The fourth-order valence-corrected chi connectivity index (χ4v) is 6.18. The molecule has 43 heavy (non-hydrogen) atoms. The predicted octanol–water partition coefficient (Wildman–Crippen LogP) is 6.85. The Kier molecular flexibility index (Phi) is 9.21. The van der Waals surface area contributed by atoms with Crippen molar-refractivity contribution in [2.24, 2.45) is 0 Å². The second-order valence-corrected chi connectivity index (χ2v) is 11.5. The van der Waals surface area contributed by atoms with Crippen molar-refractivity contribution in [3.8, 4) is 11.5 Å². The Morgan fingerprint density at radius 1 is 0.977 bits per heavy atom. The predicted molar refractivity (Wildman–Crippen MR) is 166 cm³/mol. The fraction of sp³-hybridized carbons (Fsp3) is 0.265. The zero-order valence-corrected chi connectivity index (χ0v) is 25.2. The monoisotopic (exact) mass is 599 g/mol. The molecule has 0 aliphatic carbocycles. The van der Waals surface area contributed by atoms with Crippen LogP contribution in [0.15, 0.2) is 90.3 Å². The van der Waals surface area contributed by atoms with E-state index in [4.69, 9.17) is 4.74 Å². The highest BCUT2D eigenvalue weighted by atomic mass is 32.1. The van der Waals surface area contributed by atoms with Crippen LogP contribution in [0.1, 0.15) is 47.1 Å². The number of carbonyl (C=O) groups excluding carboxylic acids is 3. The van der Waals surface area contributed by atoms with Gasteiger partial charge in [-0.2, -0.15) is 0 Å². The highest BCUT2D eigenvalue weighted by Gasteiger charge is 2.39. The van der Waals surface area contributed by atoms with Crippen LogP contribution >= 0.6 is 11.3 Å². The Morgan fingerprint density at radius 2 is 1.72 bits per heavy atom. The third-order valence-electron chi connectivity index (χ3n) is 7.57. The minimum Gasteiger partial charge on any atom is -0.457 e. The summed E-state index contributed by atoms with van der Waals surface area (Å²) in [5, 5.41) is 1.90. The van der Waals surface area contributed by atoms with E-state index in [2.05, 4.69) is 0 Å². The van der Waals surface area contributed by atoms with E-state index in [0.717, 1.165) is 10.4 Å². The lowest BCUT2D eigenvalue weighted by atomic mass is 10.0. The molecule has 3 aromatic carbocycles. The van der Waals surface area contributed by atoms with Gasteiger partial charge in [0.25, 0.3) is 11.8 Å². The first-order valence-electron chi connectivity index (χ1n) is 14.3. The van der Waals surface area contributed by atoms with Gasteiger partial charge in [-0.3, -0.25) is 19.3 Å². The first-order valence-corrected chi connectivity index (χ1v) is 15.2. The van der Waals surface area contributed by atoms with E-state index in [9.17, 15) is 18.8 Å². The average molecular weight is 600 g/mol. The van der Waals surface area contributed by atoms with E-state index in [1.165, 1.54) is 35.6 Å². The van der Waals surface area contributed by atoms with Crippen molar-refractivity contribution in [3.63, 3.8) is 0 Å². The summed E-state index contributed by atoms with van der Waals surface area (Å²) in [6.45, 7) is 6.54. The molecule has 1 aliphatic heterocycles. The molecular formula is C34H34FN3O4S. The number of halogens is 1. The van der Waals surface area contributed by atoms with E-state index < -0.39 is 11.9 Å². The van der Waals surface area contributed by atoms with Crippen LogP contribution in [0.3, 0.4) is 0 Å². The molecule has 222 valence electrons. The van der Waals surface area contributed by atoms with Crippen LogP contribution in [-0.4, -0.2) is 53.2 Å². The molecule has 0 spiro atoms. The number of rotatable bonds is 8. The molecule has 1 aliphatic rings. The van der Waals surface area contributed by atoms with Crippen LogP contribution in [0.25, 0.3) is 0 Å². The average Bonchev–Trinajstić information content (AvgIpc) is 3.55. The molecule has 9 heteroatoms. The number of para-hydroxylation sites is 1. The van der Waals surface area contributed by atoms with Gasteiger partial charge in [-0.1, -0.05) is 31.2 Å². The third kappa shape index (κ3) is 6.62. The number of anilines is 1. The number of ether oxygens (including phenoxy) is 1. The van der Waals surface area contributed by atoms with Gasteiger partial charge < -0.3 is 14.5 Å². The second kappa shape index (κ2) is 13.2. The van der Waals surface area contributed by atoms with Gasteiger partial charge in [0.2, 0.25) is 5.91 Å². The molecule has 2 heterocycles. The number of amides is 3. The first-order chi connectivity index (χ1) is 20.8. The van der Waals surface area contributed by atoms with Crippen molar-refractivity contribution in [1.29, 1.82) is 0 Å². The minimum atomic E-state index is -0.862. The van der Waals surface area contributed by atoms with E-state index in [0.29, 0.717) is 42.4 Å². The second-order valence-electron chi connectivity index (χ2n) is 10.5. The lowest BCUT2D eigenvalue weighted by Gasteiger charge is -2.42. The van der Waals surface area contributed by atoms with Crippen molar-refractivity contribution < 1.29 is 23.5 Å². The Hall–Kier alpha value is -4.50. The van der Waals surface area contributed by atoms with Gasteiger partial charge in [0.1, 0.15) is 23.4 Å². The van der Waals surface area contributed by atoms with Gasteiger partial charge in [0.05, 0.1) is 0 Å². The maximum atomic E-state index is 14.3. The zero-order chi connectivity index (χ0) is 30.5. The van der Waals surface area contributed by atoms with Crippen LogP contribution in [0.5, 0.6) is 11.5 Å². The largest absolute Gasteiger partial charge is 0.457 e. The van der Waals surface area contributed by atoms with Crippen molar-refractivity contribution in [1.82, 2.24) is 9.80 Å². The van der Waals surface area contributed by atoms with Gasteiger partial charge in [0, 0.05) is 48.2 Å². The van der Waals surface area contributed by atoms with Gasteiger partial charge in [-0.25, -0.2) is 4.39 Å². The van der Waals surface area contributed by atoms with Crippen molar-refractivity contribution in [2.75, 3.05) is 24.5 Å². The van der Waals surface area contributed by atoms with Crippen LogP contribution in [0.2, 0.25) is 0 Å². The van der Waals surface area contributed by atoms with E-state index in [-0.39, 0.29) is 30.2 Å². The van der Waals surface area contributed by atoms with Crippen molar-refractivity contribution >= 4 is 34.7 Å². The molecule has 0 saturated carbocycles. The number of benzene rings is 3. The van der Waals surface area contributed by atoms with Crippen LogP contribution in [-0.2, 0) is 9.59 Å². The van der Waals surface area contributed by atoms with Crippen LogP contribution in [0.4, 0.5) is 10.1 Å². The standard InChI is InChI=1S/C34H34FN3O4S/c1-4-31(39)38(29-17-16-28(21-23(29)2)42-27-9-6-5-7-10-27)32(30-11-8-20-43-30)34(41)36-18-19-37(24(3)22-36)33(40)25-12-14-26(35)15-13-25/h5-17,20-21,24,32H,4,18-19,22H2,1-3H3. The molecule has 1 aromatic heterocycles. The minimum absolute atomic E-state index is 0.176. The molecular weight excluding hydrogens is 565 g/mol. The zero-order valence-electron chi connectivity index (χ0n) is 24.4. The smallest absolute Gasteiger partial charge is 0.254 e. The Morgan fingerprint density at radius 3 is 2.35 bits per heavy atom. The normalized spacial score (nSPS) is 15.6. The summed E-state index contributed by atoms with van der Waals surface area (Å²) < 4.78 is 19.4. The molecule has 0 N–H and O–H groups in total. The number of thiophene rings is 1. The molecule has 0 radical (unpaired) electrons. The lowest BCUT2D eigenvalue weighted by Crippen LogP contribution is -2.57. The third-order valence-corrected chi connectivity index (χ3v) is 8.50. The number of nitrogens with zero attached hydrogens (tertiary/aromatic N) is 3. The lowest BCUT2D eigenvalue weighted by molar-refractivity contribution is -0.137. The Bertz CT molecular complexity index is 1580. The van der Waals surface area contributed by atoms with Gasteiger partial charge in [-0.05, 0) is 85.5 Å². The van der Waals surface area contributed by atoms with Crippen molar-refractivity contribution in [3.05, 3.63) is 112 Å².